The molecule has 0 aliphatic rings. The molecule has 2 rings (SSSR count). The van der Waals surface area contributed by atoms with E-state index in [1.807, 2.05) is 32.0 Å². The van der Waals surface area contributed by atoms with Gasteiger partial charge in [0.25, 0.3) is 5.91 Å². The summed E-state index contributed by atoms with van der Waals surface area (Å²) in [7, 11) is 0. The van der Waals surface area contributed by atoms with E-state index in [2.05, 4.69) is 10.3 Å². The van der Waals surface area contributed by atoms with E-state index in [9.17, 15) is 9.59 Å². The largest absolute Gasteiger partial charge is 0.477 e. The Hall–Kier alpha value is -2.21. The van der Waals surface area contributed by atoms with E-state index in [1.165, 1.54) is 0 Å². The third-order valence-corrected chi connectivity index (χ3v) is 4.76. The number of benzene rings is 1. The van der Waals surface area contributed by atoms with Crippen LogP contribution in [-0.4, -0.2) is 22.0 Å². The molecule has 0 fully saturated rings. The predicted octanol–water partition coefficient (Wildman–Crippen LogP) is 3.26. The number of aryl methyl sites for hydroxylation is 3. The number of rotatable bonds is 4. The Morgan fingerprint density at radius 3 is 2.32 bits per heavy atom. The Morgan fingerprint density at radius 2 is 1.82 bits per heavy atom. The van der Waals surface area contributed by atoms with Crippen LogP contribution in [0.3, 0.4) is 0 Å². The zero-order valence-electron chi connectivity index (χ0n) is 12.9. The summed E-state index contributed by atoms with van der Waals surface area (Å²) in [5, 5.41) is 12.6. The van der Waals surface area contributed by atoms with Gasteiger partial charge in [0.2, 0.25) is 0 Å². The maximum atomic E-state index is 12.4. The van der Waals surface area contributed by atoms with E-state index >= 15 is 0 Å². The molecule has 116 valence electrons. The van der Waals surface area contributed by atoms with Crippen LogP contribution < -0.4 is 5.32 Å². The fourth-order valence-electron chi connectivity index (χ4n) is 2.30. The van der Waals surface area contributed by atoms with Crippen molar-refractivity contribution in [1.29, 1.82) is 0 Å². The summed E-state index contributed by atoms with van der Waals surface area (Å²) in [5.74, 6) is -1.16. The molecule has 0 saturated carbocycles. The first-order valence-electron chi connectivity index (χ1n) is 6.89. The molecule has 1 heterocycles. The number of hydrogen-bond acceptors (Lipinski definition) is 4. The lowest BCUT2D eigenvalue weighted by Crippen LogP contribution is -2.27. The number of carboxylic acid groups (broad SMARTS) is 1. The highest BCUT2D eigenvalue weighted by Gasteiger charge is 2.20. The topological polar surface area (TPSA) is 79.3 Å². The van der Waals surface area contributed by atoms with Crippen LogP contribution in [0.1, 0.15) is 54.8 Å². The summed E-state index contributed by atoms with van der Waals surface area (Å²) in [6.07, 6.45) is 0. The Morgan fingerprint density at radius 1 is 1.23 bits per heavy atom. The fraction of sp³-hybridized carbons (Fsp3) is 0.312. The average Bonchev–Trinajstić information content (AvgIpc) is 2.80. The number of amides is 1. The van der Waals surface area contributed by atoms with Crippen molar-refractivity contribution in [3.8, 4) is 0 Å². The van der Waals surface area contributed by atoms with Gasteiger partial charge in [-0.2, -0.15) is 0 Å². The molecule has 6 heteroatoms. The van der Waals surface area contributed by atoms with Gasteiger partial charge < -0.3 is 10.4 Å². The first-order valence-corrected chi connectivity index (χ1v) is 7.70. The number of aromatic nitrogens is 1. The molecular formula is C16H18N2O3S. The molecule has 1 atom stereocenters. The van der Waals surface area contributed by atoms with Crippen LogP contribution in [0.25, 0.3) is 0 Å². The lowest BCUT2D eigenvalue weighted by Gasteiger charge is -2.14. The SMILES string of the molecule is Cc1cccc(C)c1C(=O)NC(C)c1nc(C)c(C(=O)O)s1. The van der Waals surface area contributed by atoms with Gasteiger partial charge in [-0.05, 0) is 38.8 Å². The lowest BCUT2D eigenvalue weighted by molar-refractivity contribution is 0.0701. The van der Waals surface area contributed by atoms with Crippen molar-refractivity contribution >= 4 is 23.2 Å². The molecule has 0 spiro atoms. The minimum Gasteiger partial charge on any atom is -0.477 e. The summed E-state index contributed by atoms with van der Waals surface area (Å²) in [6.45, 7) is 7.24. The van der Waals surface area contributed by atoms with E-state index in [-0.39, 0.29) is 16.8 Å². The monoisotopic (exact) mass is 318 g/mol. The molecule has 0 radical (unpaired) electrons. The minimum atomic E-state index is -0.991. The van der Waals surface area contributed by atoms with Gasteiger partial charge in [-0.3, -0.25) is 4.79 Å². The van der Waals surface area contributed by atoms with Gasteiger partial charge in [0, 0.05) is 5.56 Å². The first-order chi connectivity index (χ1) is 10.3. The average molecular weight is 318 g/mol. The van der Waals surface area contributed by atoms with Gasteiger partial charge in [0.05, 0.1) is 11.7 Å². The van der Waals surface area contributed by atoms with E-state index in [4.69, 9.17) is 5.11 Å². The quantitative estimate of drug-likeness (QED) is 0.907. The first kappa shape index (κ1) is 16.2. The third-order valence-electron chi connectivity index (χ3n) is 3.43. The zero-order valence-corrected chi connectivity index (χ0v) is 13.7. The van der Waals surface area contributed by atoms with Crippen molar-refractivity contribution in [3.63, 3.8) is 0 Å². The second-order valence-electron chi connectivity index (χ2n) is 5.23. The zero-order chi connectivity index (χ0) is 16.4. The Kier molecular flexibility index (Phi) is 4.61. The molecule has 1 unspecified atom stereocenters. The molecule has 0 saturated heterocycles. The number of nitrogens with zero attached hydrogens (tertiary/aromatic N) is 1. The maximum Gasteiger partial charge on any atom is 0.347 e. The molecule has 1 aromatic carbocycles. The maximum absolute atomic E-state index is 12.4. The molecule has 1 amide bonds. The lowest BCUT2D eigenvalue weighted by atomic mass is 10.0. The van der Waals surface area contributed by atoms with Gasteiger partial charge in [-0.1, -0.05) is 18.2 Å². The van der Waals surface area contributed by atoms with Crippen molar-refractivity contribution in [2.45, 2.75) is 33.7 Å². The molecule has 22 heavy (non-hydrogen) atoms. The second kappa shape index (κ2) is 6.27. The van der Waals surface area contributed by atoms with Crippen LogP contribution in [0.4, 0.5) is 0 Å². The highest BCUT2D eigenvalue weighted by Crippen LogP contribution is 2.24. The minimum absolute atomic E-state index is 0.173. The van der Waals surface area contributed by atoms with Gasteiger partial charge in [0.1, 0.15) is 9.88 Å². The Balaban J connectivity index is 2.22. The number of carboxylic acids is 1. The van der Waals surface area contributed by atoms with Gasteiger partial charge in [-0.15, -0.1) is 11.3 Å². The van der Waals surface area contributed by atoms with Crippen molar-refractivity contribution in [3.05, 3.63) is 50.5 Å². The van der Waals surface area contributed by atoms with Crippen molar-refractivity contribution in [2.75, 3.05) is 0 Å². The van der Waals surface area contributed by atoms with Gasteiger partial charge in [-0.25, -0.2) is 9.78 Å². The summed E-state index contributed by atoms with van der Waals surface area (Å²) < 4.78 is 0. The number of nitrogens with one attached hydrogen (secondary N) is 1. The number of thiazole rings is 1. The highest BCUT2D eigenvalue weighted by molar-refractivity contribution is 7.13. The Labute approximate surface area is 133 Å². The molecule has 0 aliphatic carbocycles. The molecule has 0 aliphatic heterocycles. The number of carbonyl (C=O) groups excluding carboxylic acids is 1. The number of carbonyl (C=O) groups is 2. The summed E-state index contributed by atoms with van der Waals surface area (Å²) in [6, 6.07) is 5.35. The smallest absolute Gasteiger partial charge is 0.347 e. The molecule has 1 aromatic heterocycles. The van der Waals surface area contributed by atoms with Crippen LogP contribution in [0.15, 0.2) is 18.2 Å². The van der Waals surface area contributed by atoms with Crippen LogP contribution in [-0.2, 0) is 0 Å². The normalized spacial score (nSPS) is 12.0. The van der Waals surface area contributed by atoms with E-state index < -0.39 is 5.97 Å². The molecule has 2 aromatic rings. The summed E-state index contributed by atoms with van der Waals surface area (Å²) in [4.78, 5) is 28.0. The third kappa shape index (κ3) is 3.17. The van der Waals surface area contributed by atoms with Crippen LogP contribution in [0, 0.1) is 20.8 Å². The Bertz CT molecular complexity index is 717. The van der Waals surface area contributed by atoms with Crippen LogP contribution >= 0.6 is 11.3 Å². The van der Waals surface area contributed by atoms with Gasteiger partial charge in [0.15, 0.2) is 0 Å². The predicted molar refractivity (Wildman–Crippen MR) is 85.6 cm³/mol. The second-order valence-corrected chi connectivity index (χ2v) is 6.26. The molecule has 0 bridgehead atoms. The van der Waals surface area contributed by atoms with Crippen molar-refractivity contribution in [2.24, 2.45) is 0 Å². The molecule has 2 N–H and O–H groups in total. The summed E-state index contributed by atoms with van der Waals surface area (Å²) in [5.41, 5.74) is 2.94. The fourth-order valence-corrected chi connectivity index (χ4v) is 3.21. The summed E-state index contributed by atoms with van der Waals surface area (Å²) >= 11 is 1.10. The number of hydrogen-bond donors (Lipinski definition) is 2. The van der Waals surface area contributed by atoms with Crippen LogP contribution in [0.5, 0.6) is 0 Å². The molecular weight excluding hydrogens is 300 g/mol. The van der Waals surface area contributed by atoms with Gasteiger partial charge >= 0.3 is 5.97 Å². The number of aromatic carboxylic acids is 1. The van der Waals surface area contributed by atoms with Crippen molar-refractivity contribution < 1.29 is 14.7 Å². The van der Waals surface area contributed by atoms with E-state index in [0.717, 1.165) is 22.5 Å². The van der Waals surface area contributed by atoms with E-state index in [1.54, 1.807) is 13.8 Å². The van der Waals surface area contributed by atoms with E-state index in [0.29, 0.717) is 16.3 Å². The van der Waals surface area contributed by atoms with Crippen molar-refractivity contribution in [1.82, 2.24) is 10.3 Å². The standard InChI is InChI=1S/C16H18N2O3S/c1-8-6-5-7-9(2)12(8)14(19)17-11(4)15-18-10(3)13(22-15)16(20)21/h5-7,11H,1-4H3,(H,17,19)(H,20,21). The highest BCUT2D eigenvalue weighted by atomic mass is 32.1. The van der Waals surface area contributed by atoms with Crippen LogP contribution in [0.2, 0.25) is 0 Å². The molecule has 5 nitrogen and oxygen atoms in total.